The van der Waals surface area contributed by atoms with E-state index < -0.39 is 0 Å². The molecule has 0 fully saturated rings. The summed E-state index contributed by atoms with van der Waals surface area (Å²) in [6, 6.07) is 11.6. The molecule has 3 heterocycles. The van der Waals surface area contributed by atoms with Crippen LogP contribution in [0.15, 0.2) is 36.4 Å². The minimum absolute atomic E-state index is 0.0428. The summed E-state index contributed by atoms with van der Waals surface area (Å²) >= 11 is 0. The van der Waals surface area contributed by atoms with Gasteiger partial charge in [0.25, 0.3) is 5.91 Å². The van der Waals surface area contributed by atoms with E-state index in [2.05, 4.69) is 10.1 Å². The van der Waals surface area contributed by atoms with Crippen LogP contribution in [0.3, 0.4) is 0 Å². The minimum Gasteiger partial charge on any atom is -0.480 e. The molecule has 2 aromatic heterocycles. The van der Waals surface area contributed by atoms with Gasteiger partial charge in [0.05, 0.1) is 24.9 Å². The van der Waals surface area contributed by atoms with Crippen LogP contribution in [0.4, 0.5) is 0 Å². The maximum atomic E-state index is 13.0. The molecule has 4 rings (SSSR count). The van der Waals surface area contributed by atoms with Crippen molar-refractivity contribution >= 4 is 16.8 Å². The molecule has 0 aliphatic carbocycles. The van der Waals surface area contributed by atoms with Gasteiger partial charge >= 0.3 is 0 Å². The Morgan fingerprint density at radius 1 is 1.20 bits per heavy atom. The van der Waals surface area contributed by atoms with Gasteiger partial charge in [0.2, 0.25) is 5.88 Å². The second-order valence-corrected chi connectivity index (χ2v) is 6.28. The van der Waals surface area contributed by atoms with Crippen LogP contribution in [0.2, 0.25) is 0 Å². The number of carbonyl (C=O) groups is 1. The third kappa shape index (κ3) is 2.73. The average molecular weight is 336 g/mol. The Kier molecular flexibility index (Phi) is 3.87. The molecule has 0 unspecified atom stereocenters. The van der Waals surface area contributed by atoms with E-state index in [0.717, 1.165) is 35.0 Å². The molecule has 1 aromatic carbocycles. The highest BCUT2D eigenvalue weighted by Crippen LogP contribution is 2.27. The fourth-order valence-electron chi connectivity index (χ4n) is 3.42. The Bertz CT molecular complexity index is 948. The number of aryl methyl sites for hydroxylation is 1. The highest BCUT2D eigenvalue weighted by Gasteiger charge is 2.26. The molecule has 1 aliphatic heterocycles. The van der Waals surface area contributed by atoms with E-state index in [9.17, 15) is 4.79 Å². The average Bonchev–Trinajstić information content (AvgIpc) is 2.82. The van der Waals surface area contributed by atoms with Crippen LogP contribution in [0.1, 0.15) is 28.2 Å². The van der Waals surface area contributed by atoms with E-state index in [1.54, 1.807) is 13.2 Å². The van der Waals surface area contributed by atoms with Gasteiger partial charge in [-0.1, -0.05) is 24.3 Å². The van der Waals surface area contributed by atoms with Crippen LogP contribution in [0.5, 0.6) is 5.88 Å². The molecule has 3 aromatic rings. The number of amides is 1. The van der Waals surface area contributed by atoms with Gasteiger partial charge in [-0.15, -0.1) is 5.10 Å². The zero-order valence-corrected chi connectivity index (χ0v) is 14.4. The number of ether oxygens (including phenoxy) is 1. The molecule has 1 amide bonds. The second-order valence-electron chi connectivity index (χ2n) is 6.28. The summed E-state index contributed by atoms with van der Waals surface area (Å²) in [6.07, 6.45) is 1.75. The Morgan fingerprint density at radius 3 is 2.88 bits per heavy atom. The number of aromatic nitrogens is 3. The fourth-order valence-corrected chi connectivity index (χ4v) is 3.42. The van der Waals surface area contributed by atoms with E-state index in [4.69, 9.17) is 4.74 Å². The van der Waals surface area contributed by atoms with Gasteiger partial charge in [-0.05, 0) is 25.0 Å². The first kappa shape index (κ1) is 15.6. The van der Waals surface area contributed by atoms with Crippen molar-refractivity contribution in [2.75, 3.05) is 13.7 Å². The standard InChI is InChI=1S/C19H20N4O2/c1-22-17-12-23(11-5-7-14(17)18(21-22)25-2)19(24)16-10-9-13-6-3-4-8-15(13)20-16/h3-4,6,8-10H,5,7,11-12H2,1-2H3. The summed E-state index contributed by atoms with van der Waals surface area (Å²) < 4.78 is 7.18. The summed E-state index contributed by atoms with van der Waals surface area (Å²) in [5.74, 6) is 0.620. The molecule has 6 nitrogen and oxygen atoms in total. The van der Waals surface area contributed by atoms with Gasteiger partial charge in [-0.2, -0.15) is 0 Å². The molecule has 1 aliphatic rings. The maximum Gasteiger partial charge on any atom is 0.272 e. The lowest BCUT2D eigenvalue weighted by Gasteiger charge is -2.20. The first-order chi connectivity index (χ1) is 12.2. The zero-order valence-electron chi connectivity index (χ0n) is 14.4. The highest BCUT2D eigenvalue weighted by atomic mass is 16.5. The Hall–Kier alpha value is -2.89. The molecule has 25 heavy (non-hydrogen) atoms. The molecule has 128 valence electrons. The van der Waals surface area contributed by atoms with Crippen molar-refractivity contribution in [3.8, 4) is 5.88 Å². The Morgan fingerprint density at radius 2 is 2.04 bits per heavy atom. The minimum atomic E-state index is -0.0428. The van der Waals surface area contributed by atoms with Crippen molar-refractivity contribution in [1.82, 2.24) is 19.7 Å². The second kappa shape index (κ2) is 6.20. The van der Waals surface area contributed by atoms with Crippen LogP contribution >= 0.6 is 0 Å². The third-order valence-corrected chi connectivity index (χ3v) is 4.73. The first-order valence-corrected chi connectivity index (χ1v) is 8.41. The van der Waals surface area contributed by atoms with Crippen molar-refractivity contribution in [2.45, 2.75) is 19.4 Å². The van der Waals surface area contributed by atoms with Gasteiger partial charge in [0, 0.05) is 24.5 Å². The maximum absolute atomic E-state index is 13.0. The molecule has 0 spiro atoms. The van der Waals surface area contributed by atoms with Gasteiger partial charge in [-0.25, -0.2) is 4.98 Å². The van der Waals surface area contributed by atoms with E-state index in [-0.39, 0.29) is 5.91 Å². The number of hydrogen-bond donors (Lipinski definition) is 0. The Labute approximate surface area is 146 Å². The molecular weight excluding hydrogens is 316 g/mol. The molecule has 6 heteroatoms. The highest BCUT2D eigenvalue weighted by molar-refractivity contribution is 5.94. The normalized spacial score (nSPS) is 14.2. The molecule has 0 atom stereocenters. The van der Waals surface area contributed by atoms with Crippen molar-refractivity contribution in [1.29, 1.82) is 0 Å². The first-order valence-electron chi connectivity index (χ1n) is 8.41. The van der Waals surface area contributed by atoms with Crippen molar-refractivity contribution < 1.29 is 9.53 Å². The van der Waals surface area contributed by atoms with E-state index >= 15 is 0 Å². The molecule has 0 radical (unpaired) electrons. The molecular formula is C19H20N4O2. The summed E-state index contributed by atoms with van der Waals surface area (Å²) in [6.45, 7) is 1.22. The monoisotopic (exact) mass is 336 g/mol. The number of para-hydroxylation sites is 1. The van der Waals surface area contributed by atoms with Crippen LogP contribution in [-0.4, -0.2) is 39.2 Å². The molecule has 0 bridgehead atoms. The largest absolute Gasteiger partial charge is 0.480 e. The molecule has 0 saturated heterocycles. The number of nitrogens with zero attached hydrogens (tertiary/aromatic N) is 4. The van der Waals surface area contributed by atoms with E-state index in [0.29, 0.717) is 24.7 Å². The van der Waals surface area contributed by atoms with Crippen molar-refractivity contribution in [2.24, 2.45) is 7.05 Å². The lowest BCUT2D eigenvalue weighted by molar-refractivity contribution is 0.0737. The van der Waals surface area contributed by atoms with Crippen LogP contribution in [0, 0.1) is 0 Å². The smallest absolute Gasteiger partial charge is 0.272 e. The van der Waals surface area contributed by atoms with Gasteiger partial charge in [0.1, 0.15) is 5.69 Å². The summed E-state index contributed by atoms with van der Waals surface area (Å²) in [5.41, 5.74) is 3.46. The van der Waals surface area contributed by atoms with Crippen LogP contribution in [-0.2, 0) is 20.0 Å². The number of fused-ring (bicyclic) bond motifs is 2. The van der Waals surface area contributed by atoms with Gasteiger partial charge < -0.3 is 9.64 Å². The summed E-state index contributed by atoms with van der Waals surface area (Å²) in [5, 5.41) is 5.44. The van der Waals surface area contributed by atoms with Crippen LogP contribution in [0.25, 0.3) is 10.9 Å². The van der Waals surface area contributed by atoms with E-state index in [1.165, 1.54) is 0 Å². The third-order valence-electron chi connectivity index (χ3n) is 4.73. The Balaban J connectivity index is 1.66. The lowest BCUT2D eigenvalue weighted by Crippen LogP contribution is -2.32. The predicted molar refractivity (Wildman–Crippen MR) is 94.6 cm³/mol. The number of methoxy groups -OCH3 is 1. The van der Waals surface area contributed by atoms with Gasteiger partial charge in [0.15, 0.2) is 0 Å². The van der Waals surface area contributed by atoms with Crippen molar-refractivity contribution in [3.05, 3.63) is 53.3 Å². The summed E-state index contributed by atoms with van der Waals surface area (Å²) in [7, 11) is 3.53. The summed E-state index contributed by atoms with van der Waals surface area (Å²) in [4.78, 5) is 19.4. The van der Waals surface area contributed by atoms with Crippen LogP contribution < -0.4 is 4.74 Å². The lowest BCUT2D eigenvalue weighted by atomic mass is 10.1. The number of hydrogen-bond acceptors (Lipinski definition) is 4. The molecule has 0 N–H and O–H groups in total. The van der Waals surface area contributed by atoms with E-state index in [1.807, 2.05) is 47.0 Å². The topological polar surface area (TPSA) is 60.2 Å². The fraction of sp³-hybridized carbons (Fsp3) is 0.316. The van der Waals surface area contributed by atoms with Gasteiger partial charge in [-0.3, -0.25) is 9.48 Å². The predicted octanol–water partition coefficient (Wildman–Crippen LogP) is 2.57. The number of pyridine rings is 1. The quantitative estimate of drug-likeness (QED) is 0.722. The number of benzene rings is 1. The zero-order chi connectivity index (χ0) is 17.4. The molecule has 0 saturated carbocycles. The SMILES string of the molecule is COc1nn(C)c2c1CCCN(C(=O)c1ccc3ccccc3n1)C2. The van der Waals surface area contributed by atoms with Crippen molar-refractivity contribution in [3.63, 3.8) is 0 Å². The number of carbonyl (C=O) groups excluding carboxylic acids is 1. The number of rotatable bonds is 2.